The molecule has 0 radical (unpaired) electrons. The number of aliphatic imine (C=N–C) groups is 1. The number of rotatable bonds is 4. The van der Waals surface area contributed by atoms with E-state index in [1.807, 2.05) is 48.5 Å². The van der Waals surface area contributed by atoms with Crippen LogP contribution >= 0.6 is 0 Å². The average Bonchev–Trinajstić information content (AvgIpc) is 4.00. The van der Waals surface area contributed by atoms with Crippen LogP contribution in [0.1, 0.15) is 17.0 Å². The third kappa shape index (κ3) is 5.04. The van der Waals surface area contributed by atoms with Crippen molar-refractivity contribution in [2.24, 2.45) is 4.99 Å². The van der Waals surface area contributed by atoms with E-state index in [0.29, 0.717) is 5.71 Å². The van der Waals surface area contributed by atoms with Gasteiger partial charge in [0.25, 0.3) is 0 Å². The molecule has 0 aliphatic carbocycles. The molecule has 5 nitrogen and oxygen atoms in total. The van der Waals surface area contributed by atoms with Crippen LogP contribution in [0.25, 0.3) is 78.7 Å². The van der Waals surface area contributed by atoms with Crippen LogP contribution in [-0.4, -0.2) is 20.7 Å². The van der Waals surface area contributed by atoms with E-state index in [1.54, 1.807) is 0 Å². The molecule has 0 fully saturated rings. The van der Waals surface area contributed by atoms with Crippen molar-refractivity contribution in [2.75, 3.05) is 0 Å². The Balaban J connectivity index is 1.51. The van der Waals surface area contributed by atoms with E-state index in [0.717, 1.165) is 89.2 Å². The number of nitriles is 1. The lowest BCUT2D eigenvalue weighted by Gasteiger charge is -2.07. The molecule has 3 aromatic heterocycles. The molecule has 4 aromatic carbocycles. The van der Waals surface area contributed by atoms with Crippen LogP contribution in [0, 0.1) is 11.3 Å². The standard InChI is InChI=1S/C45H29N5/c46-28-41-33-27-40(50-41)45(32-19-11-4-12-20-32)39-26-25-38(49-39)44(31-17-9-3-10-18-31)37-24-23-36(48-37)43(30-15-7-2-8-16-30)35-22-21-34(47-35)42(33)29-13-5-1-6-14-29/h1-27,47,49H. The Bertz CT molecular complexity index is 2680. The molecule has 0 unspecified atom stereocenters. The van der Waals surface area contributed by atoms with Gasteiger partial charge in [-0.15, -0.1) is 0 Å². The summed E-state index contributed by atoms with van der Waals surface area (Å²) in [5.41, 5.74) is 15.1. The first-order valence-electron chi connectivity index (χ1n) is 16.6. The van der Waals surface area contributed by atoms with Crippen LogP contribution in [0.15, 0.2) is 157 Å². The Kier molecular flexibility index (Phi) is 7.11. The van der Waals surface area contributed by atoms with Gasteiger partial charge in [0.2, 0.25) is 0 Å². The van der Waals surface area contributed by atoms with Gasteiger partial charge >= 0.3 is 0 Å². The predicted octanol–water partition coefficient (Wildman–Crippen LogP) is 11.4. The molecule has 8 bridgehead atoms. The molecule has 9 rings (SSSR count). The minimum atomic E-state index is 0.366. The summed E-state index contributed by atoms with van der Waals surface area (Å²) < 4.78 is 0. The minimum Gasteiger partial charge on any atom is -0.354 e. The highest BCUT2D eigenvalue weighted by Crippen LogP contribution is 2.41. The molecule has 7 aromatic rings. The SMILES string of the molecule is N#CC1=Nc2cc1c(-c1ccccc1)c1ccc([nH]1)c(-c1ccccc1)c1nc(c(-c3ccccc3)c3ccc([nH]3)c2-c2ccccc2)C=C1. The number of aromatic nitrogens is 3. The number of aromatic amines is 2. The van der Waals surface area contributed by atoms with Gasteiger partial charge < -0.3 is 9.97 Å². The van der Waals surface area contributed by atoms with E-state index in [-0.39, 0.29) is 0 Å². The van der Waals surface area contributed by atoms with Gasteiger partial charge in [0.15, 0.2) is 0 Å². The molecule has 0 spiro atoms. The van der Waals surface area contributed by atoms with Crippen molar-refractivity contribution in [1.82, 2.24) is 15.0 Å². The molecule has 0 saturated heterocycles. The first-order valence-corrected chi connectivity index (χ1v) is 16.6. The van der Waals surface area contributed by atoms with Gasteiger partial charge in [0, 0.05) is 49.9 Å². The van der Waals surface area contributed by atoms with E-state index in [4.69, 9.17) is 9.98 Å². The molecule has 0 saturated carbocycles. The molecule has 2 aliphatic rings. The van der Waals surface area contributed by atoms with Gasteiger partial charge in [-0.3, -0.25) is 0 Å². The third-order valence-corrected chi connectivity index (χ3v) is 9.25. The summed E-state index contributed by atoms with van der Waals surface area (Å²) in [5, 5.41) is 10.6. The topological polar surface area (TPSA) is 80.6 Å². The molecule has 0 amide bonds. The highest BCUT2D eigenvalue weighted by Gasteiger charge is 2.22. The number of nitrogens with one attached hydrogen (secondary N) is 2. The molecule has 50 heavy (non-hydrogen) atoms. The van der Waals surface area contributed by atoms with Gasteiger partial charge in [0.05, 0.1) is 17.1 Å². The van der Waals surface area contributed by atoms with Crippen LogP contribution in [0.2, 0.25) is 0 Å². The summed E-state index contributed by atoms with van der Waals surface area (Å²) in [4.78, 5) is 17.9. The Morgan fingerprint density at radius 1 is 0.440 bits per heavy atom. The fourth-order valence-corrected chi connectivity index (χ4v) is 7.04. The van der Waals surface area contributed by atoms with Crippen molar-refractivity contribution >= 4 is 45.6 Å². The van der Waals surface area contributed by atoms with Crippen molar-refractivity contribution in [3.8, 4) is 50.6 Å². The number of hydrogen-bond acceptors (Lipinski definition) is 3. The fraction of sp³-hybridized carbons (Fsp3) is 0. The highest BCUT2D eigenvalue weighted by molar-refractivity contribution is 6.21. The largest absolute Gasteiger partial charge is 0.354 e. The maximum atomic E-state index is 10.6. The van der Waals surface area contributed by atoms with Crippen molar-refractivity contribution in [1.29, 1.82) is 5.26 Å². The van der Waals surface area contributed by atoms with E-state index in [9.17, 15) is 5.26 Å². The molecule has 2 aliphatic heterocycles. The van der Waals surface area contributed by atoms with Crippen LogP contribution in [-0.2, 0) is 0 Å². The smallest absolute Gasteiger partial charge is 0.149 e. The van der Waals surface area contributed by atoms with Crippen LogP contribution in [0.5, 0.6) is 0 Å². The van der Waals surface area contributed by atoms with Gasteiger partial charge in [0.1, 0.15) is 11.8 Å². The zero-order chi connectivity index (χ0) is 33.4. The molecule has 2 N–H and O–H groups in total. The lowest BCUT2D eigenvalue weighted by molar-refractivity contribution is 1.32. The molecule has 0 atom stereocenters. The number of fused-ring (bicyclic) bond motifs is 8. The highest BCUT2D eigenvalue weighted by atomic mass is 14.8. The summed E-state index contributed by atoms with van der Waals surface area (Å²) in [6.07, 6.45) is 4.21. The third-order valence-electron chi connectivity index (χ3n) is 9.25. The summed E-state index contributed by atoms with van der Waals surface area (Å²) in [5.74, 6) is 0. The van der Waals surface area contributed by atoms with E-state index in [2.05, 4.69) is 131 Å². The molecule has 5 heteroatoms. The monoisotopic (exact) mass is 639 g/mol. The van der Waals surface area contributed by atoms with Crippen LogP contribution in [0.4, 0.5) is 5.69 Å². The lowest BCUT2D eigenvalue weighted by atomic mass is 9.98. The summed E-state index contributed by atoms with van der Waals surface area (Å²) in [7, 11) is 0. The maximum Gasteiger partial charge on any atom is 0.149 e. The quantitative estimate of drug-likeness (QED) is 0.201. The molecule has 5 heterocycles. The second-order valence-corrected chi connectivity index (χ2v) is 12.3. The Morgan fingerprint density at radius 2 is 0.820 bits per heavy atom. The van der Waals surface area contributed by atoms with Crippen LogP contribution < -0.4 is 0 Å². The number of benzene rings is 4. The van der Waals surface area contributed by atoms with Crippen molar-refractivity contribution in [3.63, 3.8) is 0 Å². The van der Waals surface area contributed by atoms with Crippen molar-refractivity contribution in [2.45, 2.75) is 0 Å². The molecular weight excluding hydrogens is 611 g/mol. The van der Waals surface area contributed by atoms with Gasteiger partial charge in [-0.2, -0.15) is 5.26 Å². The van der Waals surface area contributed by atoms with Gasteiger partial charge in [-0.05, 0) is 64.7 Å². The maximum absolute atomic E-state index is 10.6. The van der Waals surface area contributed by atoms with Crippen molar-refractivity contribution in [3.05, 3.63) is 169 Å². The Hall–Kier alpha value is -7.03. The Morgan fingerprint density at radius 3 is 1.26 bits per heavy atom. The van der Waals surface area contributed by atoms with E-state index < -0.39 is 0 Å². The number of H-pyrrole nitrogens is 2. The number of hydrogen-bond donors (Lipinski definition) is 2. The van der Waals surface area contributed by atoms with Crippen LogP contribution in [0.3, 0.4) is 0 Å². The first kappa shape index (κ1) is 29.1. The zero-order valence-corrected chi connectivity index (χ0v) is 26.9. The van der Waals surface area contributed by atoms with Gasteiger partial charge in [-0.1, -0.05) is 121 Å². The van der Waals surface area contributed by atoms with E-state index >= 15 is 0 Å². The molecule has 234 valence electrons. The Labute approximate surface area is 289 Å². The normalized spacial score (nSPS) is 12.0. The second kappa shape index (κ2) is 12.2. The zero-order valence-electron chi connectivity index (χ0n) is 26.9. The lowest BCUT2D eigenvalue weighted by Crippen LogP contribution is -1.95. The average molecular weight is 640 g/mol. The fourth-order valence-electron chi connectivity index (χ4n) is 7.04. The molecular formula is C45H29N5. The number of nitrogens with zero attached hydrogens (tertiary/aromatic N) is 3. The van der Waals surface area contributed by atoms with Gasteiger partial charge in [-0.25, -0.2) is 9.98 Å². The van der Waals surface area contributed by atoms with E-state index in [1.165, 1.54) is 0 Å². The second-order valence-electron chi connectivity index (χ2n) is 12.3. The first-order chi connectivity index (χ1) is 24.7. The minimum absolute atomic E-state index is 0.366. The summed E-state index contributed by atoms with van der Waals surface area (Å²) >= 11 is 0. The predicted molar refractivity (Wildman–Crippen MR) is 206 cm³/mol. The summed E-state index contributed by atoms with van der Waals surface area (Å²) in [6, 6.07) is 54.1. The van der Waals surface area contributed by atoms with Crippen molar-refractivity contribution < 1.29 is 0 Å². The summed E-state index contributed by atoms with van der Waals surface area (Å²) in [6.45, 7) is 0.